The lowest BCUT2D eigenvalue weighted by Crippen LogP contribution is -2.23. The minimum atomic E-state index is -0.0736. The maximum absolute atomic E-state index is 7.17. The fourth-order valence-electron chi connectivity index (χ4n) is 10.1. The van der Waals surface area contributed by atoms with Crippen molar-refractivity contribution in [2.75, 3.05) is 4.90 Å². The van der Waals surface area contributed by atoms with E-state index in [4.69, 9.17) is 10.7 Å². The molecule has 67 heavy (non-hydrogen) atoms. The van der Waals surface area contributed by atoms with Crippen LogP contribution in [0.2, 0.25) is 0 Å². The lowest BCUT2D eigenvalue weighted by Gasteiger charge is -2.36. The molecule has 11 rings (SSSR count). The summed E-state index contributed by atoms with van der Waals surface area (Å²) in [5, 5.41) is 4.88. The van der Waals surface area contributed by atoms with E-state index in [1.54, 1.807) is 6.08 Å². The molecular weight excluding hydrogens is 833 g/mol. The number of fused-ring (bicyclic) bond motifs is 10. The molecule has 4 nitrogen and oxygen atoms in total. The van der Waals surface area contributed by atoms with Crippen LogP contribution in [0.4, 0.5) is 11.4 Å². The van der Waals surface area contributed by atoms with Crippen LogP contribution in [0.15, 0.2) is 241 Å². The van der Waals surface area contributed by atoms with Gasteiger partial charge in [0, 0.05) is 70.8 Å². The summed E-state index contributed by atoms with van der Waals surface area (Å²) in [4.78, 5) is 7.67. The Morgan fingerprint density at radius 1 is 0.761 bits per heavy atom. The standard InChI is InChI=1S/C62H50N4S/c1-4-20-43(21-5-2)56(64-41(3)42-22-10-6-11-23-42)40-55(63)53-33-19-32-52-51-31-18-30-49(61(51)67-62(52)53)44-34-36-57-54(39-44)50-35-37-58-59(60(50)66(57)47-27-15-9-16-28-47)45-24-12-7-17-29-48(38-45)65(58)46-25-13-8-14-26-46/h4-23,25-41,45H,1,24,63H2,2-3H3/b12-7-,21-5-,29-17-,43-20+,55-40-,64-56?. The van der Waals surface area contributed by atoms with Crippen LogP contribution in [0.25, 0.3) is 64.5 Å². The number of allylic oxidation sites excluding steroid dienone is 11. The van der Waals surface area contributed by atoms with E-state index in [2.05, 4.69) is 211 Å². The van der Waals surface area contributed by atoms with E-state index in [0.717, 1.165) is 44.9 Å². The summed E-state index contributed by atoms with van der Waals surface area (Å²) in [6.07, 6.45) is 22.2. The molecule has 1 aliphatic carbocycles. The molecule has 5 heteroatoms. The molecule has 2 N–H and O–H groups in total. The Kier molecular flexibility index (Phi) is 11.1. The number of nitrogens with two attached hydrogens (primary N) is 1. The Balaban J connectivity index is 1.08. The van der Waals surface area contributed by atoms with E-state index in [1.807, 2.05) is 42.6 Å². The van der Waals surface area contributed by atoms with E-state index in [1.165, 1.54) is 65.4 Å². The summed E-state index contributed by atoms with van der Waals surface area (Å²) < 4.78 is 4.89. The molecule has 9 aromatic rings. The fraction of sp³-hybridized carbons (Fsp3) is 0.0806. The number of aromatic nitrogens is 1. The highest BCUT2D eigenvalue weighted by molar-refractivity contribution is 7.26. The lowest BCUT2D eigenvalue weighted by atomic mass is 9.86. The quantitative estimate of drug-likeness (QED) is 0.110. The smallest absolute Gasteiger partial charge is 0.0728 e. The second-order valence-corrected chi connectivity index (χ2v) is 18.2. The van der Waals surface area contributed by atoms with Crippen LogP contribution in [0.1, 0.15) is 48.9 Å². The highest BCUT2D eigenvalue weighted by Crippen LogP contribution is 2.50. The second-order valence-electron chi connectivity index (χ2n) is 17.2. The fourth-order valence-corrected chi connectivity index (χ4v) is 11.5. The third-order valence-electron chi connectivity index (χ3n) is 13.1. The van der Waals surface area contributed by atoms with Crippen molar-refractivity contribution < 1.29 is 0 Å². The van der Waals surface area contributed by atoms with Crippen LogP contribution in [0.3, 0.4) is 0 Å². The van der Waals surface area contributed by atoms with Crippen molar-refractivity contribution in [1.29, 1.82) is 0 Å². The number of rotatable bonds is 10. The van der Waals surface area contributed by atoms with E-state index < -0.39 is 0 Å². The number of nitrogens with zero attached hydrogens (tertiary/aromatic N) is 3. The molecule has 2 atom stereocenters. The maximum atomic E-state index is 7.17. The number of hydrogen-bond acceptors (Lipinski definition) is 4. The average Bonchev–Trinajstić information content (AvgIpc) is 3.92. The highest BCUT2D eigenvalue weighted by atomic mass is 32.1. The summed E-state index contributed by atoms with van der Waals surface area (Å²) >= 11 is 1.81. The van der Waals surface area contributed by atoms with Gasteiger partial charge in [-0.05, 0) is 97.1 Å². The van der Waals surface area contributed by atoms with Gasteiger partial charge < -0.3 is 15.2 Å². The first kappa shape index (κ1) is 41.7. The molecule has 2 aromatic heterocycles. The van der Waals surface area contributed by atoms with Crippen molar-refractivity contribution in [2.24, 2.45) is 10.7 Å². The van der Waals surface area contributed by atoms with E-state index in [9.17, 15) is 0 Å². The molecule has 0 saturated heterocycles. The second kappa shape index (κ2) is 17.8. The Morgan fingerprint density at radius 2 is 1.49 bits per heavy atom. The molecule has 2 aliphatic rings. The highest BCUT2D eigenvalue weighted by Gasteiger charge is 2.31. The van der Waals surface area contributed by atoms with Crippen LogP contribution in [0.5, 0.6) is 0 Å². The molecule has 7 aromatic carbocycles. The minimum Gasteiger partial charge on any atom is -0.398 e. The number of benzene rings is 7. The first-order valence-corrected chi connectivity index (χ1v) is 23.9. The van der Waals surface area contributed by atoms with Gasteiger partial charge in [0.05, 0.1) is 28.5 Å². The summed E-state index contributed by atoms with van der Waals surface area (Å²) in [6, 6.07) is 56.9. The minimum absolute atomic E-state index is 0.0736. The lowest BCUT2D eigenvalue weighted by molar-refractivity contribution is 0.821. The van der Waals surface area contributed by atoms with Gasteiger partial charge in [0.2, 0.25) is 0 Å². The Morgan fingerprint density at radius 3 is 2.25 bits per heavy atom. The van der Waals surface area contributed by atoms with Crippen LogP contribution in [0, 0.1) is 0 Å². The van der Waals surface area contributed by atoms with Crippen LogP contribution in [-0.4, -0.2) is 10.3 Å². The van der Waals surface area contributed by atoms with E-state index in [-0.39, 0.29) is 12.0 Å². The summed E-state index contributed by atoms with van der Waals surface area (Å²) in [7, 11) is 0. The van der Waals surface area contributed by atoms with Gasteiger partial charge in [-0.1, -0.05) is 170 Å². The molecular formula is C62H50N4S. The third kappa shape index (κ3) is 7.48. The molecule has 324 valence electrons. The zero-order chi connectivity index (χ0) is 45.4. The molecule has 0 saturated carbocycles. The predicted molar refractivity (Wildman–Crippen MR) is 289 cm³/mol. The van der Waals surface area contributed by atoms with E-state index in [0.29, 0.717) is 5.70 Å². The molecule has 0 amide bonds. The van der Waals surface area contributed by atoms with Gasteiger partial charge in [-0.2, -0.15) is 0 Å². The van der Waals surface area contributed by atoms with Crippen molar-refractivity contribution in [3.05, 3.63) is 253 Å². The third-order valence-corrected chi connectivity index (χ3v) is 14.4. The van der Waals surface area contributed by atoms with Crippen molar-refractivity contribution in [3.8, 4) is 16.8 Å². The molecule has 3 heterocycles. The normalized spacial score (nSPS) is 16.9. The number of para-hydroxylation sites is 2. The van der Waals surface area contributed by atoms with Gasteiger partial charge in [0.25, 0.3) is 0 Å². The van der Waals surface area contributed by atoms with E-state index >= 15 is 0 Å². The Bertz CT molecular complexity index is 3600. The van der Waals surface area contributed by atoms with Gasteiger partial charge >= 0.3 is 0 Å². The molecule has 1 aliphatic heterocycles. The number of aliphatic imine (C=N–C) groups is 1. The van der Waals surface area contributed by atoms with Crippen LogP contribution < -0.4 is 10.6 Å². The summed E-state index contributed by atoms with van der Waals surface area (Å²) in [5.41, 5.74) is 22.6. The maximum Gasteiger partial charge on any atom is 0.0728 e. The molecule has 0 fully saturated rings. The van der Waals surface area contributed by atoms with Gasteiger partial charge in [0.15, 0.2) is 0 Å². The molecule has 2 unspecified atom stereocenters. The predicted octanol–water partition coefficient (Wildman–Crippen LogP) is 16.6. The summed E-state index contributed by atoms with van der Waals surface area (Å²) in [6.45, 7) is 8.15. The Hall–Kier alpha value is -7.99. The topological polar surface area (TPSA) is 46.5 Å². The van der Waals surface area contributed by atoms with Crippen molar-refractivity contribution >= 4 is 76.1 Å². The zero-order valence-corrected chi connectivity index (χ0v) is 38.5. The van der Waals surface area contributed by atoms with Crippen LogP contribution in [-0.2, 0) is 0 Å². The summed E-state index contributed by atoms with van der Waals surface area (Å²) in [5.74, 6) is 0.200. The van der Waals surface area contributed by atoms with Crippen molar-refractivity contribution in [2.45, 2.75) is 32.2 Å². The molecule has 0 radical (unpaired) electrons. The first-order valence-electron chi connectivity index (χ1n) is 23.1. The number of hydrogen-bond donors (Lipinski definition) is 1. The zero-order valence-electron chi connectivity index (χ0n) is 37.7. The number of thiophene rings is 1. The average molecular weight is 883 g/mol. The monoisotopic (exact) mass is 882 g/mol. The van der Waals surface area contributed by atoms with Gasteiger partial charge in [-0.25, -0.2) is 0 Å². The number of anilines is 2. The SMILES string of the molecule is C=C/C=C(\C=C/C)C(/C=C(\N)c1cccc2c1sc1c(-c3ccc4c(c3)c3ccc5c(c3n4-c3ccccc3)C3C=C(/C=C\C=C/C3)N5c3ccccc3)cccc12)=NC(C)c1ccccc1. The molecule has 0 spiro atoms. The van der Waals surface area contributed by atoms with Crippen molar-refractivity contribution in [3.63, 3.8) is 0 Å². The molecule has 2 bridgehead atoms. The van der Waals surface area contributed by atoms with Gasteiger partial charge in [-0.3, -0.25) is 4.99 Å². The van der Waals surface area contributed by atoms with Crippen LogP contribution >= 0.6 is 11.3 Å². The Labute approximate surface area is 396 Å². The van der Waals surface area contributed by atoms with Gasteiger partial charge in [0.1, 0.15) is 0 Å². The van der Waals surface area contributed by atoms with Crippen molar-refractivity contribution in [1.82, 2.24) is 4.57 Å². The first-order chi connectivity index (χ1) is 33.0. The largest absolute Gasteiger partial charge is 0.398 e. The van der Waals surface area contributed by atoms with Gasteiger partial charge in [-0.15, -0.1) is 11.3 Å².